The molecule has 0 bridgehead atoms. The molecule has 1 unspecified atom stereocenters. The van der Waals surface area contributed by atoms with Gasteiger partial charge in [0.15, 0.2) is 5.78 Å². The van der Waals surface area contributed by atoms with Crippen LogP contribution in [0, 0.1) is 13.8 Å². The highest BCUT2D eigenvalue weighted by atomic mass is 16.1. The van der Waals surface area contributed by atoms with Gasteiger partial charge in [-0.1, -0.05) is 86.1 Å². The van der Waals surface area contributed by atoms with E-state index in [0.29, 0.717) is 12.3 Å². The molecule has 6 aromatic heterocycles. The molecule has 7 heteroatoms. The zero-order chi connectivity index (χ0) is 35.9. The molecule has 53 heavy (non-hydrogen) atoms. The Labute approximate surface area is 311 Å². The van der Waals surface area contributed by atoms with Gasteiger partial charge in [0.2, 0.25) is 0 Å². The van der Waals surface area contributed by atoms with Gasteiger partial charge >= 0.3 is 0 Å². The fourth-order valence-electron chi connectivity index (χ4n) is 6.43. The SMILES string of the molecule is C.Cc1ccc(C(=O)Cc2ccc(Cc3c[nH]c4ncccc34)cn2)cc1.Cc1ccc(C(C)Cc2ccc(Cc3c[nH]c4ncccc34)cn2)cc1. The Morgan fingerprint density at radius 2 is 1.13 bits per heavy atom. The van der Waals surface area contributed by atoms with Crippen LogP contribution < -0.4 is 0 Å². The van der Waals surface area contributed by atoms with Crippen molar-refractivity contribution >= 4 is 27.9 Å². The number of ketones is 1. The van der Waals surface area contributed by atoms with Crippen molar-refractivity contribution in [2.45, 2.75) is 59.8 Å². The molecular weight excluding hydrogens is 653 g/mol. The van der Waals surface area contributed by atoms with E-state index in [9.17, 15) is 4.79 Å². The number of H-pyrrole nitrogens is 2. The number of hydrogen-bond acceptors (Lipinski definition) is 5. The monoisotopic (exact) mass is 698 g/mol. The minimum atomic E-state index is 0. The summed E-state index contributed by atoms with van der Waals surface area (Å²) in [6.07, 6.45) is 14.4. The Morgan fingerprint density at radius 3 is 1.64 bits per heavy atom. The third-order valence-electron chi connectivity index (χ3n) is 9.51. The first-order chi connectivity index (χ1) is 25.4. The highest BCUT2D eigenvalue weighted by Gasteiger charge is 2.11. The topological polar surface area (TPSA) is 100 Å². The van der Waals surface area contributed by atoms with Crippen LogP contribution in [0.5, 0.6) is 0 Å². The highest BCUT2D eigenvalue weighted by molar-refractivity contribution is 5.97. The minimum absolute atomic E-state index is 0. The molecule has 0 aliphatic carbocycles. The van der Waals surface area contributed by atoms with Gasteiger partial charge in [-0.25, -0.2) is 9.97 Å². The molecule has 0 aliphatic rings. The zero-order valence-electron chi connectivity index (χ0n) is 29.8. The van der Waals surface area contributed by atoms with Gasteiger partial charge in [-0.05, 0) is 90.4 Å². The predicted molar refractivity (Wildman–Crippen MR) is 216 cm³/mol. The molecule has 2 N–H and O–H groups in total. The van der Waals surface area contributed by atoms with Gasteiger partial charge in [0.1, 0.15) is 11.3 Å². The molecular formula is C46H46N6O. The number of nitrogens with one attached hydrogen (secondary N) is 2. The number of aryl methyl sites for hydroxylation is 2. The van der Waals surface area contributed by atoms with Crippen LogP contribution in [0.3, 0.4) is 0 Å². The van der Waals surface area contributed by atoms with Crippen molar-refractivity contribution < 1.29 is 4.79 Å². The molecule has 0 aliphatic heterocycles. The van der Waals surface area contributed by atoms with E-state index in [2.05, 4.69) is 87.3 Å². The average molecular weight is 699 g/mol. The number of rotatable bonds is 10. The molecule has 0 spiro atoms. The minimum Gasteiger partial charge on any atom is -0.346 e. The second kappa shape index (κ2) is 16.9. The summed E-state index contributed by atoms with van der Waals surface area (Å²) in [4.78, 5) is 36.6. The second-order valence-corrected chi connectivity index (χ2v) is 13.6. The van der Waals surface area contributed by atoms with Crippen LogP contribution in [0.15, 0.2) is 134 Å². The van der Waals surface area contributed by atoms with E-state index in [1.807, 2.05) is 86.4 Å². The number of fused-ring (bicyclic) bond motifs is 2. The number of pyridine rings is 4. The number of aromatic amines is 2. The van der Waals surface area contributed by atoms with Crippen molar-refractivity contribution in [2.75, 3.05) is 0 Å². The maximum absolute atomic E-state index is 12.4. The molecule has 0 amide bonds. The van der Waals surface area contributed by atoms with E-state index in [0.717, 1.165) is 64.0 Å². The van der Waals surface area contributed by atoms with Crippen molar-refractivity contribution in [3.05, 3.63) is 190 Å². The standard InChI is InChI=1S/C23H23N3.C22H19N3O.CH4/c1-16-5-8-19(9-6-16)17(2)12-21-10-7-18(14-25-21)13-20-15-26-23-22(20)4-3-11-24-23;1-15-4-7-17(8-5-15)21(26)12-19-9-6-16(13-24-19)11-18-14-25-22-20(18)3-2-10-23-22;/h3-11,14-15,17H,12-13H2,1-2H3,(H,24,26);2-10,13-14H,11-12H2,1H3,(H,23,25);1H4. The predicted octanol–water partition coefficient (Wildman–Crippen LogP) is 10.1. The lowest BCUT2D eigenvalue weighted by Gasteiger charge is -2.12. The summed E-state index contributed by atoms with van der Waals surface area (Å²) < 4.78 is 0. The highest BCUT2D eigenvalue weighted by Crippen LogP contribution is 2.23. The van der Waals surface area contributed by atoms with Crippen LogP contribution in [-0.4, -0.2) is 35.7 Å². The Hall–Kier alpha value is -6.21. The average Bonchev–Trinajstić information content (AvgIpc) is 3.78. The molecule has 0 saturated carbocycles. The first-order valence-electron chi connectivity index (χ1n) is 17.7. The lowest BCUT2D eigenvalue weighted by molar-refractivity contribution is 0.0992. The molecule has 6 heterocycles. The molecule has 1 atom stereocenters. The first kappa shape index (κ1) is 36.6. The maximum Gasteiger partial charge on any atom is 0.168 e. The number of aromatic nitrogens is 6. The quantitative estimate of drug-likeness (QED) is 0.139. The van der Waals surface area contributed by atoms with Gasteiger partial charge in [-0.3, -0.25) is 14.8 Å². The summed E-state index contributed by atoms with van der Waals surface area (Å²) in [5, 5.41) is 2.32. The third-order valence-corrected chi connectivity index (χ3v) is 9.51. The summed E-state index contributed by atoms with van der Waals surface area (Å²) in [5.74, 6) is 0.557. The zero-order valence-corrected chi connectivity index (χ0v) is 29.8. The number of carbonyl (C=O) groups is 1. The van der Waals surface area contributed by atoms with Gasteiger partial charge in [-0.15, -0.1) is 0 Å². The van der Waals surface area contributed by atoms with Gasteiger partial charge in [0.25, 0.3) is 0 Å². The largest absolute Gasteiger partial charge is 0.346 e. The number of hydrogen-bond donors (Lipinski definition) is 2. The summed E-state index contributed by atoms with van der Waals surface area (Å²) in [6.45, 7) is 6.40. The van der Waals surface area contributed by atoms with E-state index in [-0.39, 0.29) is 13.2 Å². The molecule has 266 valence electrons. The summed E-state index contributed by atoms with van der Waals surface area (Å²) in [5.41, 5.74) is 13.1. The molecule has 0 radical (unpaired) electrons. The number of benzene rings is 2. The van der Waals surface area contributed by atoms with Crippen LogP contribution in [0.1, 0.15) is 81.0 Å². The van der Waals surface area contributed by atoms with Crippen molar-refractivity contribution in [1.29, 1.82) is 0 Å². The van der Waals surface area contributed by atoms with Crippen molar-refractivity contribution in [3.8, 4) is 0 Å². The lowest BCUT2D eigenvalue weighted by atomic mass is 9.95. The van der Waals surface area contributed by atoms with Crippen LogP contribution in [0.4, 0.5) is 0 Å². The van der Waals surface area contributed by atoms with E-state index in [1.54, 1.807) is 6.20 Å². The third kappa shape index (κ3) is 9.18. The van der Waals surface area contributed by atoms with Gasteiger partial charge in [-0.2, -0.15) is 0 Å². The summed E-state index contributed by atoms with van der Waals surface area (Å²) >= 11 is 0. The van der Waals surface area contributed by atoms with Crippen LogP contribution >= 0.6 is 0 Å². The summed E-state index contributed by atoms with van der Waals surface area (Å²) in [7, 11) is 0. The molecule has 2 aromatic carbocycles. The van der Waals surface area contributed by atoms with Crippen LogP contribution in [0.25, 0.3) is 22.1 Å². The Kier molecular flexibility index (Phi) is 11.6. The first-order valence-corrected chi connectivity index (χ1v) is 17.7. The number of carbonyl (C=O) groups excluding carboxylic acids is 1. The molecule has 8 rings (SSSR count). The van der Waals surface area contributed by atoms with Gasteiger partial charge < -0.3 is 9.97 Å². The molecule has 7 nitrogen and oxygen atoms in total. The maximum atomic E-state index is 12.4. The Bertz CT molecular complexity index is 2390. The van der Waals surface area contributed by atoms with E-state index in [4.69, 9.17) is 4.98 Å². The van der Waals surface area contributed by atoms with Gasteiger partial charge in [0, 0.05) is 77.7 Å². The Balaban J connectivity index is 0.000000178. The number of Topliss-reactive ketones (excluding diaryl/α,β-unsaturated/α-hetero) is 1. The molecule has 8 aromatic rings. The molecule has 0 saturated heterocycles. The van der Waals surface area contributed by atoms with Crippen LogP contribution in [-0.2, 0) is 25.7 Å². The number of nitrogens with zero attached hydrogens (tertiary/aromatic N) is 4. The summed E-state index contributed by atoms with van der Waals surface area (Å²) in [6, 6.07) is 32.9. The van der Waals surface area contributed by atoms with Crippen molar-refractivity contribution in [3.63, 3.8) is 0 Å². The second-order valence-electron chi connectivity index (χ2n) is 13.6. The van der Waals surface area contributed by atoms with E-state index < -0.39 is 0 Å². The van der Waals surface area contributed by atoms with Crippen molar-refractivity contribution in [2.24, 2.45) is 0 Å². The fourth-order valence-corrected chi connectivity index (χ4v) is 6.43. The van der Waals surface area contributed by atoms with E-state index >= 15 is 0 Å². The smallest absolute Gasteiger partial charge is 0.168 e. The van der Waals surface area contributed by atoms with Gasteiger partial charge in [0.05, 0.1) is 6.42 Å². The van der Waals surface area contributed by atoms with E-state index in [1.165, 1.54) is 33.2 Å². The Morgan fingerprint density at radius 1 is 0.623 bits per heavy atom. The fraction of sp³-hybridized carbons (Fsp3) is 0.196. The molecule has 0 fully saturated rings. The van der Waals surface area contributed by atoms with Crippen LogP contribution in [0.2, 0.25) is 0 Å². The normalized spacial score (nSPS) is 11.5. The lowest BCUT2D eigenvalue weighted by Crippen LogP contribution is -2.05. The van der Waals surface area contributed by atoms with Crippen molar-refractivity contribution in [1.82, 2.24) is 29.9 Å².